The highest BCUT2D eigenvalue weighted by Gasteiger charge is 2.20. The summed E-state index contributed by atoms with van der Waals surface area (Å²) in [6.07, 6.45) is 0.642. The third-order valence-corrected chi connectivity index (χ3v) is 2.47. The predicted octanol–water partition coefficient (Wildman–Crippen LogP) is 2.54. The van der Waals surface area contributed by atoms with Crippen LogP contribution in [0.3, 0.4) is 0 Å². The van der Waals surface area contributed by atoms with E-state index < -0.39 is 0 Å². The van der Waals surface area contributed by atoms with Gasteiger partial charge < -0.3 is 10.3 Å². The van der Waals surface area contributed by atoms with Crippen molar-refractivity contribution < 1.29 is 4.52 Å². The summed E-state index contributed by atoms with van der Waals surface area (Å²) in [5, 5.41) is 3.99. The molecule has 1 aromatic carbocycles. The molecule has 1 aromatic heterocycles. The van der Waals surface area contributed by atoms with E-state index in [1.165, 1.54) is 0 Å². The molecule has 0 aliphatic heterocycles. The van der Waals surface area contributed by atoms with Crippen molar-refractivity contribution in [3.8, 4) is 0 Å². The van der Waals surface area contributed by atoms with Crippen molar-refractivity contribution in [3.05, 3.63) is 41.5 Å². The highest BCUT2D eigenvalue weighted by Crippen LogP contribution is 2.19. The van der Waals surface area contributed by atoms with Gasteiger partial charge in [0.2, 0.25) is 5.89 Å². The van der Waals surface area contributed by atoms with Crippen LogP contribution in [0.5, 0.6) is 0 Å². The zero-order chi connectivity index (χ0) is 12.5. The minimum atomic E-state index is -0.0805. The van der Waals surface area contributed by atoms with Crippen LogP contribution in [0.4, 0.5) is 5.69 Å². The second-order valence-electron chi connectivity index (χ2n) is 5.18. The van der Waals surface area contributed by atoms with Crippen molar-refractivity contribution >= 4 is 5.69 Å². The summed E-state index contributed by atoms with van der Waals surface area (Å²) in [4.78, 5) is 4.39. The average Bonchev–Trinajstić information content (AvgIpc) is 2.69. The number of aromatic nitrogens is 2. The standard InChI is InChI=1S/C13H17N3O/c1-13(2,3)12-15-11(17-16-12)8-9-4-6-10(14)7-5-9/h4-7H,8,14H2,1-3H3. The molecule has 0 aliphatic rings. The second-order valence-corrected chi connectivity index (χ2v) is 5.18. The summed E-state index contributed by atoms with van der Waals surface area (Å²) in [5.41, 5.74) is 7.42. The summed E-state index contributed by atoms with van der Waals surface area (Å²) in [6.45, 7) is 6.18. The summed E-state index contributed by atoms with van der Waals surface area (Å²) in [6, 6.07) is 7.68. The van der Waals surface area contributed by atoms with E-state index in [1.54, 1.807) is 0 Å². The van der Waals surface area contributed by atoms with E-state index in [2.05, 4.69) is 30.9 Å². The minimum absolute atomic E-state index is 0.0805. The van der Waals surface area contributed by atoms with Gasteiger partial charge in [0.05, 0.1) is 6.42 Å². The Morgan fingerprint density at radius 2 is 1.82 bits per heavy atom. The monoisotopic (exact) mass is 231 g/mol. The lowest BCUT2D eigenvalue weighted by Crippen LogP contribution is -2.13. The van der Waals surface area contributed by atoms with Gasteiger partial charge in [0.1, 0.15) is 0 Å². The van der Waals surface area contributed by atoms with Crippen molar-refractivity contribution in [1.29, 1.82) is 0 Å². The molecule has 0 saturated carbocycles. The molecule has 4 nitrogen and oxygen atoms in total. The molecule has 2 N–H and O–H groups in total. The van der Waals surface area contributed by atoms with Crippen molar-refractivity contribution in [2.75, 3.05) is 5.73 Å². The fourth-order valence-electron chi connectivity index (χ4n) is 1.44. The molecule has 2 rings (SSSR count). The highest BCUT2D eigenvalue weighted by atomic mass is 16.5. The van der Waals surface area contributed by atoms with Gasteiger partial charge in [-0.05, 0) is 17.7 Å². The molecule has 0 spiro atoms. The second kappa shape index (κ2) is 4.20. The van der Waals surface area contributed by atoms with Crippen molar-refractivity contribution in [2.24, 2.45) is 0 Å². The van der Waals surface area contributed by atoms with Gasteiger partial charge >= 0.3 is 0 Å². The van der Waals surface area contributed by atoms with E-state index in [9.17, 15) is 0 Å². The van der Waals surface area contributed by atoms with Gasteiger partial charge in [-0.25, -0.2) is 0 Å². The topological polar surface area (TPSA) is 64.9 Å². The Hall–Kier alpha value is -1.84. The average molecular weight is 231 g/mol. The van der Waals surface area contributed by atoms with E-state index in [0.29, 0.717) is 12.3 Å². The van der Waals surface area contributed by atoms with Crippen LogP contribution in [-0.4, -0.2) is 10.1 Å². The summed E-state index contributed by atoms with van der Waals surface area (Å²) in [5.74, 6) is 1.38. The van der Waals surface area contributed by atoms with Gasteiger partial charge in [-0.3, -0.25) is 0 Å². The molecule has 17 heavy (non-hydrogen) atoms. The Labute approximate surface area is 101 Å². The first-order valence-electron chi connectivity index (χ1n) is 5.62. The number of hydrogen-bond acceptors (Lipinski definition) is 4. The van der Waals surface area contributed by atoms with Crippen LogP contribution in [0.25, 0.3) is 0 Å². The van der Waals surface area contributed by atoms with E-state index >= 15 is 0 Å². The maximum absolute atomic E-state index is 5.63. The van der Waals surface area contributed by atoms with Crippen LogP contribution in [0.15, 0.2) is 28.8 Å². The third-order valence-electron chi connectivity index (χ3n) is 2.47. The highest BCUT2D eigenvalue weighted by molar-refractivity contribution is 5.39. The largest absolute Gasteiger partial charge is 0.399 e. The number of hydrogen-bond donors (Lipinski definition) is 1. The molecule has 0 radical (unpaired) electrons. The molecule has 0 aliphatic carbocycles. The van der Waals surface area contributed by atoms with Crippen LogP contribution < -0.4 is 5.73 Å². The quantitative estimate of drug-likeness (QED) is 0.807. The number of benzene rings is 1. The van der Waals surface area contributed by atoms with Gasteiger partial charge in [-0.2, -0.15) is 4.98 Å². The van der Waals surface area contributed by atoms with Crippen molar-refractivity contribution in [2.45, 2.75) is 32.6 Å². The van der Waals surface area contributed by atoms with Gasteiger partial charge in [0.25, 0.3) is 0 Å². The number of nitrogens with two attached hydrogens (primary N) is 1. The Morgan fingerprint density at radius 1 is 1.18 bits per heavy atom. The molecule has 0 fully saturated rings. The van der Waals surface area contributed by atoms with Gasteiger partial charge in [-0.15, -0.1) is 0 Å². The van der Waals surface area contributed by atoms with Crippen LogP contribution in [0.2, 0.25) is 0 Å². The lowest BCUT2D eigenvalue weighted by molar-refractivity contribution is 0.368. The zero-order valence-corrected chi connectivity index (χ0v) is 10.4. The smallest absolute Gasteiger partial charge is 0.231 e. The van der Waals surface area contributed by atoms with Crippen LogP contribution in [-0.2, 0) is 11.8 Å². The number of nitrogen functional groups attached to an aromatic ring is 1. The van der Waals surface area contributed by atoms with Crippen LogP contribution in [0.1, 0.15) is 38.0 Å². The Bertz CT molecular complexity index is 494. The van der Waals surface area contributed by atoms with Gasteiger partial charge in [-0.1, -0.05) is 38.1 Å². The summed E-state index contributed by atoms with van der Waals surface area (Å²) < 4.78 is 5.23. The van der Waals surface area contributed by atoms with E-state index in [4.69, 9.17) is 10.3 Å². The molecular weight excluding hydrogens is 214 g/mol. The lowest BCUT2D eigenvalue weighted by atomic mass is 9.96. The minimum Gasteiger partial charge on any atom is -0.399 e. The Balaban J connectivity index is 2.14. The normalized spacial score (nSPS) is 11.7. The zero-order valence-electron chi connectivity index (χ0n) is 10.4. The summed E-state index contributed by atoms with van der Waals surface area (Å²) >= 11 is 0. The third kappa shape index (κ3) is 2.84. The summed E-state index contributed by atoms with van der Waals surface area (Å²) in [7, 11) is 0. The molecule has 0 saturated heterocycles. The molecule has 2 aromatic rings. The molecule has 0 bridgehead atoms. The molecule has 1 heterocycles. The van der Waals surface area contributed by atoms with Crippen molar-refractivity contribution in [3.63, 3.8) is 0 Å². The van der Waals surface area contributed by atoms with Crippen molar-refractivity contribution in [1.82, 2.24) is 10.1 Å². The van der Waals surface area contributed by atoms with E-state index in [0.717, 1.165) is 17.1 Å². The van der Waals surface area contributed by atoms with Crippen LogP contribution >= 0.6 is 0 Å². The maximum atomic E-state index is 5.63. The molecule has 0 atom stereocenters. The molecule has 0 amide bonds. The predicted molar refractivity (Wildman–Crippen MR) is 66.7 cm³/mol. The van der Waals surface area contributed by atoms with E-state index in [1.807, 2.05) is 24.3 Å². The molecule has 90 valence electrons. The number of anilines is 1. The van der Waals surface area contributed by atoms with E-state index in [-0.39, 0.29) is 5.41 Å². The fourth-order valence-corrected chi connectivity index (χ4v) is 1.44. The maximum Gasteiger partial charge on any atom is 0.231 e. The number of rotatable bonds is 2. The molecular formula is C13H17N3O. The fraction of sp³-hybridized carbons (Fsp3) is 0.385. The van der Waals surface area contributed by atoms with Crippen LogP contribution in [0, 0.1) is 0 Å². The first-order chi connectivity index (χ1) is 7.95. The lowest BCUT2D eigenvalue weighted by Gasteiger charge is -2.10. The van der Waals surface area contributed by atoms with Gasteiger partial charge in [0.15, 0.2) is 5.82 Å². The number of nitrogens with zero attached hydrogens (tertiary/aromatic N) is 2. The molecule has 0 unspecified atom stereocenters. The molecule has 4 heteroatoms. The Kier molecular flexibility index (Phi) is 2.88. The SMILES string of the molecule is CC(C)(C)c1noc(Cc2ccc(N)cc2)n1. The Morgan fingerprint density at radius 3 is 2.35 bits per heavy atom. The van der Waals surface area contributed by atoms with Gasteiger partial charge in [0, 0.05) is 11.1 Å². The first-order valence-corrected chi connectivity index (χ1v) is 5.62. The first kappa shape index (κ1) is 11.6.